The second kappa shape index (κ2) is 8.13. The molecule has 3 aliphatic rings. The highest BCUT2D eigenvalue weighted by molar-refractivity contribution is 5.80. The zero-order chi connectivity index (χ0) is 16.1. The molecule has 0 bridgehead atoms. The van der Waals surface area contributed by atoms with Crippen LogP contribution in [-0.4, -0.2) is 60.4 Å². The molecule has 0 radical (unpaired) electrons. The Kier molecular flexibility index (Phi) is 5.92. The lowest BCUT2D eigenvalue weighted by Gasteiger charge is -2.35. The SMILES string of the molecule is O=C(NC1CCCN(CC(=O)N2CCCCCC2)C1)C1CCC1. The maximum absolute atomic E-state index is 12.5. The molecule has 3 fully saturated rings. The van der Waals surface area contributed by atoms with Crippen LogP contribution in [-0.2, 0) is 9.59 Å². The van der Waals surface area contributed by atoms with Crippen molar-refractivity contribution in [3.63, 3.8) is 0 Å². The number of hydrogen-bond acceptors (Lipinski definition) is 3. The summed E-state index contributed by atoms with van der Waals surface area (Å²) in [7, 11) is 0. The largest absolute Gasteiger partial charge is 0.352 e. The van der Waals surface area contributed by atoms with Gasteiger partial charge in [0.1, 0.15) is 0 Å². The summed E-state index contributed by atoms with van der Waals surface area (Å²) in [6, 6.07) is 0.230. The first-order valence-corrected chi connectivity index (χ1v) is 9.53. The van der Waals surface area contributed by atoms with E-state index < -0.39 is 0 Å². The van der Waals surface area contributed by atoms with Crippen molar-refractivity contribution in [2.75, 3.05) is 32.7 Å². The predicted octanol–water partition coefficient (Wildman–Crippen LogP) is 1.77. The van der Waals surface area contributed by atoms with E-state index in [9.17, 15) is 9.59 Å². The van der Waals surface area contributed by atoms with Crippen LogP contribution < -0.4 is 5.32 Å². The maximum atomic E-state index is 12.5. The van der Waals surface area contributed by atoms with Gasteiger partial charge in [-0.05, 0) is 45.1 Å². The van der Waals surface area contributed by atoms with Gasteiger partial charge in [-0.25, -0.2) is 0 Å². The van der Waals surface area contributed by atoms with Gasteiger partial charge in [-0.3, -0.25) is 14.5 Å². The molecule has 2 saturated heterocycles. The van der Waals surface area contributed by atoms with E-state index in [1.165, 1.54) is 19.3 Å². The second-order valence-electron chi connectivity index (χ2n) is 7.51. The fourth-order valence-corrected chi connectivity index (χ4v) is 3.92. The predicted molar refractivity (Wildman–Crippen MR) is 90.0 cm³/mol. The summed E-state index contributed by atoms with van der Waals surface area (Å²) in [5.41, 5.74) is 0. The summed E-state index contributed by atoms with van der Waals surface area (Å²) in [6.07, 6.45) is 10.2. The molecule has 0 aromatic heterocycles. The Morgan fingerprint density at radius 2 is 1.61 bits per heavy atom. The third-order valence-electron chi connectivity index (χ3n) is 5.65. The molecule has 1 unspecified atom stereocenters. The van der Waals surface area contributed by atoms with E-state index >= 15 is 0 Å². The van der Waals surface area contributed by atoms with Crippen molar-refractivity contribution in [1.29, 1.82) is 0 Å². The van der Waals surface area contributed by atoms with Crippen molar-refractivity contribution in [1.82, 2.24) is 15.1 Å². The molecule has 23 heavy (non-hydrogen) atoms. The number of nitrogens with zero attached hydrogens (tertiary/aromatic N) is 2. The van der Waals surface area contributed by atoms with Gasteiger partial charge in [0, 0.05) is 31.6 Å². The van der Waals surface area contributed by atoms with Crippen LogP contribution in [0, 0.1) is 5.92 Å². The number of carbonyl (C=O) groups excluding carboxylic acids is 2. The van der Waals surface area contributed by atoms with E-state index in [4.69, 9.17) is 0 Å². The van der Waals surface area contributed by atoms with Gasteiger partial charge in [-0.15, -0.1) is 0 Å². The van der Waals surface area contributed by atoms with Crippen molar-refractivity contribution in [3.05, 3.63) is 0 Å². The smallest absolute Gasteiger partial charge is 0.236 e. The van der Waals surface area contributed by atoms with Crippen molar-refractivity contribution in [2.24, 2.45) is 5.92 Å². The van der Waals surface area contributed by atoms with E-state index in [1.54, 1.807) is 0 Å². The van der Waals surface area contributed by atoms with Crippen molar-refractivity contribution >= 4 is 11.8 Å². The molecule has 0 aromatic carbocycles. The number of amides is 2. The van der Waals surface area contributed by atoms with E-state index in [0.717, 1.165) is 64.7 Å². The van der Waals surface area contributed by atoms with Gasteiger partial charge in [0.05, 0.1) is 6.54 Å². The molecule has 1 atom stereocenters. The first-order chi connectivity index (χ1) is 11.2. The molecular formula is C18H31N3O2. The molecule has 1 aliphatic carbocycles. The molecule has 0 aromatic rings. The van der Waals surface area contributed by atoms with Crippen molar-refractivity contribution in [3.8, 4) is 0 Å². The molecule has 130 valence electrons. The topological polar surface area (TPSA) is 52.7 Å². The van der Waals surface area contributed by atoms with Crippen molar-refractivity contribution in [2.45, 2.75) is 63.8 Å². The normalized spacial score (nSPS) is 27.1. The second-order valence-corrected chi connectivity index (χ2v) is 7.51. The summed E-state index contributed by atoms with van der Waals surface area (Å²) in [6.45, 7) is 4.19. The average Bonchev–Trinajstić information content (AvgIpc) is 2.74. The highest BCUT2D eigenvalue weighted by Crippen LogP contribution is 2.26. The van der Waals surface area contributed by atoms with Gasteiger partial charge >= 0.3 is 0 Å². The molecule has 1 saturated carbocycles. The number of likely N-dealkylation sites (tertiary alicyclic amines) is 2. The standard InChI is InChI=1S/C18H31N3O2/c22-17(21-11-3-1-2-4-12-21)14-20-10-6-9-16(13-20)19-18(23)15-7-5-8-15/h15-16H,1-14H2,(H,19,23). The van der Waals surface area contributed by atoms with Crippen LogP contribution in [0.25, 0.3) is 0 Å². The monoisotopic (exact) mass is 321 g/mol. The molecule has 0 spiro atoms. The molecule has 5 heteroatoms. The van der Waals surface area contributed by atoms with Crippen LogP contribution in [0.3, 0.4) is 0 Å². The zero-order valence-corrected chi connectivity index (χ0v) is 14.3. The van der Waals surface area contributed by atoms with Crippen LogP contribution in [0.5, 0.6) is 0 Å². The fraction of sp³-hybridized carbons (Fsp3) is 0.889. The summed E-state index contributed by atoms with van der Waals surface area (Å²) in [5.74, 6) is 0.768. The maximum Gasteiger partial charge on any atom is 0.236 e. The Balaban J connectivity index is 1.44. The zero-order valence-electron chi connectivity index (χ0n) is 14.3. The van der Waals surface area contributed by atoms with E-state index in [-0.39, 0.29) is 23.8 Å². The Labute approximate surface area is 139 Å². The number of piperidine rings is 1. The first kappa shape index (κ1) is 16.7. The molecule has 2 aliphatic heterocycles. The van der Waals surface area contributed by atoms with E-state index in [0.29, 0.717) is 6.54 Å². The Bertz CT molecular complexity index is 414. The molecule has 2 amide bonds. The van der Waals surface area contributed by atoms with Crippen LogP contribution >= 0.6 is 0 Å². The minimum absolute atomic E-state index is 0.230. The lowest BCUT2D eigenvalue weighted by atomic mass is 9.84. The number of carbonyl (C=O) groups is 2. The molecule has 1 N–H and O–H groups in total. The minimum Gasteiger partial charge on any atom is -0.352 e. The molecular weight excluding hydrogens is 290 g/mol. The van der Waals surface area contributed by atoms with Gasteiger partial charge in [-0.2, -0.15) is 0 Å². The Hall–Kier alpha value is -1.10. The molecule has 5 nitrogen and oxygen atoms in total. The van der Waals surface area contributed by atoms with Gasteiger partial charge in [0.25, 0.3) is 0 Å². The summed E-state index contributed by atoms with van der Waals surface area (Å²) in [5, 5.41) is 3.21. The van der Waals surface area contributed by atoms with Crippen molar-refractivity contribution < 1.29 is 9.59 Å². The summed E-state index contributed by atoms with van der Waals surface area (Å²) < 4.78 is 0. The average molecular weight is 321 g/mol. The lowest BCUT2D eigenvalue weighted by molar-refractivity contribution is -0.132. The third kappa shape index (κ3) is 4.69. The lowest BCUT2D eigenvalue weighted by Crippen LogP contribution is -2.52. The minimum atomic E-state index is 0.230. The number of rotatable bonds is 4. The number of nitrogens with one attached hydrogen (secondary N) is 1. The van der Waals surface area contributed by atoms with E-state index in [2.05, 4.69) is 10.2 Å². The van der Waals surface area contributed by atoms with Crippen LogP contribution in [0.1, 0.15) is 57.8 Å². The Morgan fingerprint density at radius 1 is 0.870 bits per heavy atom. The molecule has 2 heterocycles. The summed E-state index contributed by atoms with van der Waals surface area (Å²) in [4.78, 5) is 28.9. The van der Waals surface area contributed by atoms with Crippen LogP contribution in [0.2, 0.25) is 0 Å². The highest BCUT2D eigenvalue weighted by atomic mass is 16.2. The third-order valence-corrected chi connectivity index (χ3v) is 5.65. The molecule has 3 rings (SSSR count). The van der Waals surface area contributed by atoms with Gasteiger partial charge in [0.15, 0.2) is 0 Å². The van der Waals surface area contributed by atoms with Gasteiger partial charge in [0.2, 0.25) is 11.8 Å². The fourth-order valence-electron chi connectivity index (χ4n) is 3.92. The Morgan fingerprint density at radius 3 is 2.26 bits per heavy atom. The van der Waals surface area contributed by atoms with Gasteiger partial charge in [-0.1, -0.05) is 19.3 Å². The highest BCUT2D eigenvalue weighted by Gasteiger charge is 2.29. The van der Waals surface area contributed by atoms with Gasteiger partial charge < -0.3 is 10.2 Å². The quantitative estimate of drug-likeness (QED) is 0.858. The van der Waals surface area contributed by atoms with E-state index in [1.807, 2.05) is 4.90 Å². The number of hydrogen-bond donors (Lipinski definition) is 1. The first-order valence-electron chi connectivity index (χ1n) is 9.53. The van der Waals surface area contributed by atoms with Crippen LogP contribution in [0.4, 0.5) is 0 Å². The summed E-state index contributed by atoms with van der Waals surface area (Å²) >= 11 is 0. The van der Waals surface area contributed by atoms with Crippen LogP contribution in [0.15, 0.2) is 0 Å².